The minimum atomic E-state index is 0.141. The maximum absolute atomic E-state index is 11.8. The molecule has 0 aromatic heterocycles. The van der Waals surface area contributed by atoms with E-state index in [9.17, 15) is 4.79 Å². The molecule has 0 amide bonds. The van der Waals surface area contributed by atoms with Gasteiger partial charge in [-0.1, -0.05) is 6.92 Å². The highest BCUT2D eigenvalue weighted by molar-refractivity contribution is 5.97. The van der Waals surface area contributed by atoms with Crippen molar-refractivity contribution in [3.63, 3.8) is 0 Å². The van der Waals surface area contributed by atoms with Crippen LogP contribution in [0.15, 0.2) is 18.2 Å². The molecule has 2 N–H and O–H groups in total. The van der Waals surface area contributed by atoms with Crippen molar-refractivity contribution in [2.45, 2.75) is 32.6 Å². The van der Waals surface area contributed by atoms with Gasteiger partial charge in [0.1, 0.15) is 12.4 Å². The number of nitrogens with two attached hydrogens (primary N) is 1. The largest absolute Gasteiger partial charge is 0.490 e. The van der Waals surface area contributed by atoms with Crippen LogP contribution in [0.5, 0.6) is 5.75 Å². The molecule has 0 radical (unpaired) electrons. The molecule has 4 nitrogen and oxygen atoms in total. The predicted octanol–water partition coefficient (Wildman–Crippen LogP) is 2.73. The van der Waals surface area contributed by atoms with E-state index in [1.165, 1.54) is 25.9 Å². The van der Waals surface area contributed by atoms with Crippen molar-refractivity contribution in [1.29, 1.82) is 0 Å². The first kappa shape index (κ1) is 14.9. The van der Waals surface area contributed by atoms with E-state index < -0.39 is 0 Å². The summed E-state index contributed by atoms with van der Waals surface area (Å²) in [4.78, 5) is 14.2. The summed E-state index contributed by atoms with van der Waals surface area (Å²) < 4.78 is 5.72. The second kappa shape index (κ2) is 7.29. The first-order valence-electron chi connectivity index (χ1n) is 7.48. The zero-order valence-electron chi connectivity index (χ0n) is 12.2. The number of anilines is 1. The average Bonchev–Trinajstić information content (AvgIpc) is 2.94. The Hall–Kier alpha value is -1.55. The van der Waals surface area contributed by atoms with Crippen LogP contribution in [-0.4, -0.2) is 36.9 Å². The number of likely N-dealkylation sites (tertiary alicyclic amines) is 1. The normalized spacial score (nSPS) is 15.4. The predicted molar refractivity (Wildman–Crippen MR) is 81.3 cm³/mol. The number of benzene rings is 1. The molecule has 0 bridgehead atoms. The van der Waals surface area contributed by atoms with E-state index in [1.807, 2.05) is 13.0 Å². The molecular formula is C16H24N2O2. The first-order valence-corrected chi connectivity index (χ1v) is 7.48. The number of nitrogen functional groups attached to an aromatic ring is 1. The molecule has 20 heavy (non-hydrogen) atoms. The fourth-order valence-corrected chi connectivity index (χ4v) is 2.52. The molecule has 4 heteroatoms. The monoisotopic (exact) mass is 276 g/mol. The van der Waals surface area contributed by atoms with E-state index in [0.717, 1.165) is 13.0 Å². The maximum atomic E-state index is 11.8. The van der Waals surface area contributed by atoms with Crippen molar-refractivity contribution >= 4 is 11.5 Å². The van der Waals surface area contributed by atoms with Crippen molar-refractivity contribution in [2.75, 3.05) is 32.0 Å². The molecule has 0 atom stereocenters. The molecule has 0 unspecified atom stereocenters. The number of ketones is 1. The number of hydrogen-bond donors (Lipinski definition) is 1. The summed E-state index contributed by atoms with van der Waals surface area (Å²) in [5.74, 6) is 0.820. The summed E-state index contributed by atoms with van der Waals surface area (Å²) in [7, 11) is 0. The number of carbonyl (C=O) groups excluding carboxylic acids is 1. The Morgan fingerprint density at radius 3 is 2.75 bits per heavy atom. The summed E-state index contributed by atoms with van der Waals surface area (Å²) in [6, 6.07) is 5.34. The van der Waals surface area contributed by atoms with Gasteiger partial charge in [0.05, 0.1) is 5.69 Å². The standard InChI is InChI=1S/C16H24N2O2/c1-2-5-15(19)13-6-7-16(14(17)12-13)20-11-10-18-8-3-4-9-18/h6-7,12H,2-5,8-11,17H2,1H3. The fraction of sp³-hybridized carbons (Fsp3) is 0.562. The van der Waals surface area contributed by atoms with Crippen LogP contribution in [0.25, 0.3) is 0 Å². The second-order valence-corrected chi connectivity index (χ2v) is 5.32. The zero-order chi connectivity index (χ0) is 14.4. The van der Waals surface area contributed by atoms with Crippen LogP contribution < -0.4 is 10.5 Å². The molecule has 110 valence electrons. The molecule has 1 aliphatic heterocycles. The van der Waals surface area contributed by atoms with Gasteiger partial charge < -0.3 is 10.5 Å². The van der Waals surface area contributed by atoms with Crippen LogP contribution in [0.3, 0.4) is 0 Å². The second-order valence-electron chi connectivity index (χ2n) is 5.32. The van der Waals surface area contributed by atoms with Gasteiger partial charge in [0.25, 0.3) is 0 Å². The van der Waals surface area contributed by atoms with Crippen molar-refractivity contribution in [3.05, 3.63) is 23.8 Å². The molecule has 2 rings (SSSR count). The molecule has 1 fully saturated rings. The molecule has 1 aromatic rings. The number of Topliss-reactive ketones (excluding diaryl/α,β-unsaturated/α-hetero) is 1. The summed E-state index contributed by atoms with van der Waals surface area (Å²) >= 11 is 0. The number of rotatable bonds is 7. The van der Waals surface area contributed by atoms with Crippen LogP contribution in [0.4, 0.5) is 5.69 Å². The Labute approximate surface area is 120 Å². The molecular weight excluding hydrogens is 252 g/mol. The van der Waals surface area contributed by atoms with E-state index in [0.29, 0.717) is 30.0 Å². The lowest BCUT2D eigenvalue weighted by Crippen LogP contribution is -2.25. The number of carbonyl (C=O) groups is 1. The minimum absolute atomic E-state index is 0.141. The van der Waals surface area contributed by atoms with Gasteiger partial charge in [0.2, 0.25) is 0 Å². The van der Waals surface area contributed by atoms with Gasteiger partial charge >= 0.3 is 0 Å². The maximum Gasteiger partial charge on any atom is 0.162 e. The molecule has 1 heterocycles. The Morgan fingerprint density at radius 2 is 2.10 bits per heavy atom. The van der Waals surface area contributed by atoms with Gasteiger partial charge in [-0.05, 0) is 50.6 Å². The van der Waals surface area contributed by atoms with Crippen molar-refractivity contribution < 1.29 is 9.53 Å². The molecule has 0 aliphatic carbocycles. The smallest absolute Gasteiger partial charge is 0.162 e. The molecule has 1 aliphatic rings. The first-order chi connectivity index (χ1) is 9.70. The van der Waals surface area contributed by atoms with Crippen LogP contribution in [0.2, 0.25) is 0 Å². The van der Waals surface area contributed by atoms with Gasteiger partial charge in [-0.25, -0.2) is 0 Å². The molecule has 1 saturated heterocycles. The lowest BCUT2D eigenvalue weighted by atomic mass is 10.1. The summed E-state index contributed by atoms with van der Waals surface area (Å²) in [6.07, 6.45) is 3.99. The Morgan fingerprint density at radius 1 is 1.35 bits per heavy atom. The Kier molecular flexibility index (Phi) is 5.41. The van der Waals surface area contributed by atoms with Crippen LogP contribution in [0, 0.1) is 0 Å². The minimum Gasteiger partial charge on any atom is -0.490 e. The summed E-state index contributed by atoms with van der Waals surface area (Å²) in [6.45, 7) is 5.92. The van der Waals surface area contributed by atoms with Crippen LogP contribution >= 0.6 is 0 Å². The lowest BCUT2D eigenvalue weighted by molar-refractivity contribution is 0.0982. The third-order valence-electron chi connectivity index (χ3n) is 3.67. The highest BCUT2D eigenvalue weighted by atomic mass is 16.5. The van der Waals surface area contributed by atoms with E-state index in [4.69, 9.17) is 10.5 Å². The average molecular weight is 276 g/mol. The van der Waals surface area contributed by atoms with Gasteiger partial charge in [0, 0.05) is 18.5 Å². The molecule has 0 saturated carbocycles. The highest BCUT2D eigenvalue weighted by Gasteiger charge is 2.12. The van der Waals surface area contributed by atoms with E-state index >= 15 is 0 Å². The molecule has 1 aromatic carbocycles. The fourth-order valence-electron chi connectivity index (χ4n) is 2.52. The van der Waals surface area contributed by atoms with Crippen LogP contribution in [-0.2, 0) is 0 Å². The lowest BCUT2D eigenvalue weighted by Gasteiger charge is -2.16. The van der Waals surface area contributed by atoms with E-state index in [-0.39, 0.29) is 5.78 Å². The number of hydrogen-bond acceptors (Lipinski definition) is 4. The Bertz CT molecular complexity index is 454. The van der Waals surface area contributed by atoms with Gasteiger partial charge in [-0.15, -0.1) is 0 Å². The number of nitrogens with zero attached hydrogens (tertiary/aromatic N) is 1. The zero-order valence-corrected chi connectivity index (χ0v) is 12.2. The Balaban J connectivity index is 1.87. The van der Waals surface area contributed by atoms with E-state index in [2.05, 4.69) is 4.90 Å². The van der Waals surface area contributed by atoms with E-state index in [1.54, 1.807) is 12.1 Å². The third kappa shape index (κ3) is 3.97. The van der Waals surface area contributed by atoms with Gasteiger partial charge in [0.15, 0.2) is 5.78 Å². The third-order valence-corrected chi connectivity index (χ3v) is 3.67. The van der Waals surface area contributed by atoms with Crippen molar-refractivity contribution in [2.24, 2.45) is 0 Å². The highest BCUT2D eigenvalue weighted by Crippen LogP contribution is 2.23. The quantitative estimate of drug-likeness (QED) is 0.614. The topological polar surface area (TPSA) is 55.6 Å². The van der Waals surface area contributed by atoms with Crippen molar-refractivity contribution in [1.82, 2.24) is 4.90 Å². The van der Waals surface area contributed by atoms with Crippen molar-refractivity contribution in [3.8, 4) is 5.75 Å². The summed E-state index contributed by atoms with van der Waals surface area (Å²) in [5, 5.41) is 0. The summed E-state index contributed by atoms with van der Waals surface area (Å²) in [5.41, 5.74) is 7.19. The molecule has 0 spiro atoms. The SMILES string of the molecule is CCCC(=O)c1ccc(OCCN2CCCC2)c(N)c1. The van der Waals surface area contributed by atoms with Crippen LogP contribution in [0.1, 0.15) is 43.0 Å². The van der Waals surface area contributed by atoms with Gasteiger partial charge in [-0.2, -0.15) is 0 Å². The van der Waals surface area contributed by atoms with Gasteiger partial charge in [-0.3, -0.25) is 9.69 Å². The number of ether oxygens (including phenoxy) is 1.